The second-order valence-electron chi connectivity index (χ2n) is 7.11. The second kappa shape index (κ2) is 9.37. The number of benzene rings is 2. The molecule has 2 rings (SSSR count). The van der Waals surface area contributed by atoms with Crippen LogP contribution in [0.2, 0.25) is 0 Å². The van der Waals surface area contributed by atoms with Crippen molar-refractivity contribution in [3.63, 3.8) is 0 Å². The van der Waals surface area contributed by atoms with E-state index in [2.05, 4.69) is 42.7 Å². The summed E-state index contributed by atoms with van der Waals surface area (Å²) < 4.78 is 5.33. The molecule has 2 amide bonds. The standard InChI is InChI=1S/C22H29N3O3/c1-14-7-8-18(15(2)11-14)13-25(5)16(3)22(27)24-20-12-19(23-17(4)26)9-10-21(20)28-6/h7-12,16H,13H2,1-6H3,(H,23,26)(H,24,27)/t16-/m1/s1. The highest BCUT2D eigenvalue weighted by Gasteiger charge is 2.20. The lowest BCUT2D eigenvalue weighted by molar-refractivity contribution is -0.120. The van der Waals surface area contributed by atoms with Crippen molar-refractivity contribution in [1.82, 2.24) is 4.90 Å². The van der Waals surface area contributed by atoms with Gasteiger partial charge in [0, 0.05) is 19.2 Å². The molecule has 0 spiro atoms. The molecule has 150 valence electrons. The summed E-state index contributed by atoms with van der Waals surface area (Å²) in [5.74, 6) is 0.209. The molecule has 0 heterocycles. The molecule has 2 aromatic carbocycles. The molecule has 2 aromatic rings. The first-order valence-corrected chi connectivity index (χ1v) is 9.24. The van der Waals surface area contributed by atoms with E-state index in [0.29, 0.717) is 23.7 Å². The number of aryl methyl sites for hydroxylation is 2. The maximum absolute atomic E-state index is 12.8. The summed E-state index contributed by atoms with van der Waals surface area (Å²) in [6, 6.07) is 11.1. The topological polar surface area (TPSA) is 70.7 Å². The minimum Gasteiger partial charge on any atom is -0.495 e. The average Bonchev–Trinajstić information content (AvgIpc) is 2.63. The van der Waals surface area contributed by atoms with E-state index in [-0.39, 0.29) is 17.9 Å². The van der Waals surface area contributed by atoms with Gasteiger partial charge in [-0.1, -0.05) is 23.8 Å². The van der Waals surface area contributed by atoms with Crippen molar-refractivity contribution >= 4 is 23.2 Å². The van der Waals surface area contributed by atoms with Crippen molar-refractivity contribution in [2.45, 2.75) is 40.3 Å². The molecule has 0 unspecified atom stereocenters. The molecule has 0 aliphatic heterocycles. The first-order valence-electron chi connectivity index (χ1n) is 9.24. The quantitative estimate of drug-likeness (QED) is 0.764. The molecular weight excluding hydrogens is 354 g/mol. The van der Waals surface area contributed by atoms with E-state index in [9.17, 15) is 9.59 Å². The van der Waals surface area contributed by atoms with Crippen LogP contribution in [0, 0.1) is 13.8 Å². The number of likely N-dealkylation sites (N-methyl/N-ethyl adjacent to an activating group) is 1. The molecule has 0 saturated carbocycles. The van der Waals surface area contributed by atoms with Crippen LogP contribution < -0.4 is 15.4 Å². The highest BCUT2D eigenvalue weighted by Crippen LogP contribution is 2.28. The molecule has 0 radical (unpaired) electrons. The van der Waals surface area contributed by atoms with Gasteiger partial charge in [-0.15, -0.1) is 0 Å². The zero-order valence-corrected chi connectivity index (χ0v) is 17.4. The number of ether oxygens (including phenoxy) is 1. The number of hydrogen-bond donors (Lipinski definition) is 2. The first-order chi connectivity index (χ1) is 13.2. The average molecular weight is 383 g/mol. The predicted molar refractivity (Wildman–Crippen MR) is 113 cm³/mol. The summed E-state index contributed by atoms with van der Waals surface area (Å²) in [6.07, 6.45) is 0. The molecule has 6 nitrogen and oxygen atoms in total. The van der Waals surface area contributed by atoms with Crippen molar-refractivity contribution in [1.29, 1.82) is 0 Å². The van der Waals surface area contributed by atoms with E-state index in [1.807, 2.05) is 18.9 Å². The van der Waals surface area contributed by atoms with Gasteiger partial charge >= 0.3 is 0 Å². The predicted octanol–water partition coefficient (Wildman–Crippen LogP) is 3.73. The van der Waals surface area contributed by atoms with E-state index in [1.54, 1.807) is 25.3 Å². The van der Waals surface area contributed by atoms with E-state index < -0.39 is 0 Å². The first kappa shape index (κ1) is 21.4. The fourth-order valence-corrected chi connectivity index (χ4v) is 2.95. The number of methoxy groups -OCH3 is 1. The van der Waals surface area contributed by atoms with Crippen molar-refractivity contribution in [3.05, 3.63) is 53.1 Å². The Hall–Kier alpha value is -2.86. The number of anilines is 2. The van der Waals surface area contributed by atoms with Crippen LogP contribution in [0.1, 0.15) is 30.5 Å². The molecule has 1 atom stereocenters. The van der Waals surface area contributed by atoms with Gasteiger partial charge < -0.3 is 15.4 Å². The summed E-state index contributed by atoms with van der Waals surface area (Å²) in [7, 11) is 3.47. The number of rotatable bonds is 7. The SMILES string of the molecule is COc1ccc(NC(C)=O)cc1NC(=O)[C@@H](C)N(C)Cc1ccc(C)cc1C. The van der Waals surface area contributed by atoms with Gasteiger partial charge in [-0.3, -0.25) is 14.5 Å². The van der Waals surface area contributed by atoms with Crippen LogP contribution in [0.5, 0.6) is 5.75 Å². The lowest BCUT2D eigenvalue weighted by Crippen LogP contribution is -2.39. The Morgan fingerprint density at radius 1 is 1.11 bits per heavy atom. The van der Waals surface area contributed by atoms with Crippen LogP contribution in [0.3, 0.4) is 0 Å². The Morgan fingerprint density at radius 2 is 1.82 bits per heavy atom. The minimum absolute atomic E-state index is 0.148. The van der Waals surface area contributed by atoms with Crippen LogP contribution in [0.4, 0.5) is 11.4 Å². The Morgan fingerprint density at radius 3 is 2.43 bits per heavy atom. The molecule has 0 aromatic heterocycles. The number of nitrogens with one attached hydrogen (secondary N) is 2. The molecular formula is C22H29N3O3. The summed E-state index contributed by atoms with van der Waals surface area (Å²) >= 11 is 0. The van der Waals surface area contributed by atoms with Crippen LogP contribution in [0.25, 0.3) is 0 Å². The Balaban J connectivity index is 2.11. The molecule has 28 heavy (non-hydrogen) atoms. The van der Waals surface area contributed by atoms with Gasteiger partial charge in [0.1, 0.15) is 5.75 Å². The number of nitrogens with zero attached hydrogens (tertiary/aromatic N) is 1. The van der Waals surface area contributed by atoms with Gasteiger partial charge in [0.25, 0.3) is 0 Å². The molecule has 0 aliphatic rings. The number of hydrogen-bond acceptors (Lipinski definition) is 4. The van der Waals surface area contributed by atoms with Crippen LogP contribution in [-0.4, -0.2) is 36.9 Å². The molecule has 0 aliphatic carbocycles. The van der Waals surface area contributed by atoms with E-state index >= 15 is 0 Å². The lowest BCUT2D eigenvalue weighted by atomic mass is 10.0. The normalized spacial score (nSPS) is 11.8. The van der Waals surface area contributed by atoms with Gasteiger partial charge in [-0.2, -0.15) is 0 Å². The smallest absolute Gasteiger partial charge is 0.241 e. The summed E-state index contributed by atoms with van der Waals surface area (Å²) in [4.78, 5) is 26.1. The van der Waals surface area contributed by atoms with Gasteiger partial charge in [-0.25, -0.2) is 0 Å². The van der Waals surface area contributed by atoms with Gasteiger partial charge in [0.2, 0.25) is 11.8 Å². The molecule has 0 fully saturated rings. The fourth-order valence-electron chi connectivity index (χ4n) is 2.95. The number of amides is 2. The van der Waals surface area contributed by atoms with Crippen molar-refractivity contribution < 1.29 is 14.3 Å². The third kappa shape index (κ3) is 5.57. The number of carbonyl (C=O) groups is 2. The highest BCUT2D eigenvalue weighted by atomic mass is 16.5. The monoisotopic (exact) mass is 383 g/mol. The molecule has 0 bridgehead atoms. The molecule has 2 N–H and O–H groups in total. The van der Waals surface area contributed by atoms with E-state index in [4.69, 9.17) is 4.74 Å². The summed E-state index contributed by atoms with van der Waals surface area (Å²) in [5, 5.41) is 5.62. The molecule has 6 heteroatoms. The zero-order valence-electron chi connectivity index (χ0n) is 17.4. The van der Waals surface area contributed by atoms with Crippen molar-refractivity contribution in [2.24, 2.45) is 0 Å². The van der Waals surface area contributed by atoms with Crippen LogP contribution in [-0.2, 0) is 16.1 Å². The number of carbonyl (C=O) groups excluding carboxylic acids is 2. The van der Waals surface area contributed by atoms with Gasteiger partial charge in [-0.05, 0) is 57.1 Å². The van der Waals surface area contributed by atoms with Crippen molar-refractivity contribution in [2.75, 3.05) is 24.8 Å². The fraction of sp³-hybridized carbons (Fsp3) is 0.364. The second-order valence-corrected chi connectivity index (χ2v) is 7.11. The third-order valence-electron chi connectivity index (χ3n) is 4.74. The maximum Gasteiger partial charge on any atom is 0.241 e. The van der Waals surface area contributed by atoms with Gasteiger partial charge in [0.15, 0.2) is 0 Å². The molecule has 0 saturated heterocycles. The minimum atomic E-state index is -0.352. The Labute approximate surface area is 166 Å². The van der Waals surface area contributed by atoms with Crippen molar-refractivity contribution in [3.8, 4) is 5.75 Å². The van der Waals surface area contributed by atoms with Gasteiger partial charge in [0.05, 0.1) is 18.8 Å². The third-order valence-corrected chi connectivity index (χ3v) is 4.74. The largest absolute Gasteiger partial charge is 0.495 e. The maximum atomic E-state index is 12.8. The Bertz CT molecular complexity index is 864. The Kier molecular flexibility index (Phi) is 7.18. The zero-order chi connectivity index (χ0) is 20.8. The van der Waals surface area contributed by atoms with Crippen LogP contribution in [0.15, 0.2) is 36.4 Å². The lowest BCUT2D eigenvalue weighted by Gasteiger charge is -2.25. The van der Waals surface area contributed by atoms with E-state index in [0.717, 1.165) is 0 Å². The summed E-state index contributed by atoms with van der Waals surface area (Å²) in [6.45, 7) is 8.12. The highest BCUT2D eigenvalue weighted by molar-refractivity contribution is 5.97. The van der Waals surface area contributed by atoms with E-state index in [1.165, 1.54) is 23.6 Å². The summed E-state index contributed by atoms with van der Waals surface area (Å²) in [5.41, 5.74) is 4.74. The van der Waals surface area contributed by atoms with Crippen LogP contribution >= 0.6 is 0 Å².